The average molecular weight is 309 g/mol. The van der Waals surface area contributed by atoms with Crippen LogP contribution >= 0.6 is 15.9 Å². The first-order valence-electron chi connectivity index (χ1n) is 6.29. The normalized spacial score (nSPS) is 15.8. The Hall–Kier alpha value is -1.09. The highest BCUT2D eigenvalue weighted by molar-refractivity contribution is 9.10. The molecule has 1 aromatic carbocycles. The summed E-state index contributed by atoms with van der Waals surface area (Å²) in [6, 6.07) is 5.52. The number of Topliss-reactive ketones (excluding diaryl/α,β-unsaturated/α-hetero) is 1. The second kappa shape index (κ2) is 6.19. The van der Waals surface area contributed by atoms with Crippen LogP contribution in [-0.2, 0) is 0 Å². The molecule has 0 amide bonds. The van der Waals surface area contributed by atoms with Gasteiger partial charge >= 0.3 is 0 Å². The van der Waals surface area contributed by atoms with E-state index in [2.05, 4.69) is 22.0 Å². The number of hydrogen-bond acceptors (Lipinski definition) is 2. The number of ether oxygens (including phenoxy) is 1. The van der Waals surface area contributed by atoms with E-state index in [9.17, 15) is 4.79 Å². The monoisotopic (exact) mass is 308 g/mol. The molecule has 0 radical (unpaired) electrons. The van der Waals surface area contributed by atoms with Gasteiger partial charge in [-0.15, -0.1) is 0 Å². The summed E-state index contributed by atoms with van der Waals surface area (Å²) in [5, 5.41) is 0. The third kappa shape index (κ3) is 3.02. The van der Waals surface area contributed by atoms with Gasteiger partial charge in [0, 0.05) is 10.0 Å². The van der Waals surface area contributed by atoms with Crippen molar-refractivity contribution in [3.05, 3.63) is 39.9 Å². The Morgan fingerprint density at radius 3 is 2.89 bits per heavy atom. The molecule has 1 aromatic rings. The van der Waals surface area contributed by atoms with Gasteiger partial charge in [0.15, 0.2) is 5.78 Å². The maximum absolute atomic E-state index is 12.5. The first-order valence-corrected chi connectivity index (χ1v) is 7.09. The highest BCUT2D eigenvalue weighted by Gasteiger charge is 2.17. The predicted octanol–water partition coefficient (Wildman–Crippen LogP) is 4.53. The van der Waals surface area contributed by atoms with Crippen LogP contribution in [-0.4, -0.2) is 12.9 Å². The van der Waals surface area contributed by atoms with Crippen molar-refractivity contribution < 1.29 is 9.53 Å². The summed E-state index contributed by atoms with van der Waals surface area (Å²) in [7, 11) is 1.61. The molecule has 2 nitrogen and oxygen atoms in total. The van der Waals surface area contributed by atoms with Crippen molar-refractivity contribution in [2.45, 2.75) is 32.1 Å². The van der Waals surface area contributed by atoms with Crippen LogP contribution in [0.1, 0.15) is 42.5 Å². The fourth-order valence-corrected chi connectivity index (χ4v) is 2.63. The van der Waals surface area contributed by atoms with Gasteiger partial charge in [-0.05, 0) is 49.5 Å². The number of allylic oxidation sites excluding steroid dienone is 2. The number of hydrogen-bond donors (Lipinski definition) is 0. The van der Waals surface area contributed by atoms with Crippen LogP contribution in [0.3, 0.4) is 0 Å². The van der Waals surface area contributed by atoms with E-state index >= 15 is 0 Å². The highest BCUT2D eigenvalue weighted by atomic mass is 79.9. The summed E-state index contributed by atoms with van der Waals surface area (Å²) >= 11 is 3.44. The van der Waals surface area contributed by atoms with Crippen LogP contribution in [0.15, 0.2) is 34.3 Å². The van der Waals surface area contributed by atoms with Gasteiger partial charge in [-0.2, -0.15) is 0 Å². The van der Waals surface area contributed by atoms with E-state index in [0.717, 1.165) is 35.1 Å². The van der Waals surface area contributed by atoms with Crippen molar-refractivity contribution in [2.24, 2.45) is 0 Å². The molecule has 0 bridgehead atoms. The summed E-state index contributed by atoms with van der Waals surface area (Å²) in [5.41, 5.74) is 1.64. The van der Waals surface area contributed by atoms with Crippen LogP contribution in [0.4, 0.5) is 0 Å². The van der Waals surface area contributed by atoms with Crippen molar-refractivity contribution in [2.75, 3.05) is 7.11 Å². The molecule has 0 spiro atoms. The Bertz CT molecular complexity index is 477. The van der Waals surface area contributed by atoms with Gasteiger partial charge in [-0.25, -0.2) is 0 Å². The molecule has 1 aliphatic rings. The Kier molecular flexibility index (Phi) is 4.59. The minimum absolute atomic E-state index is 0.127. The van der Waals surface area contributed by atoms with Crippen LogP contribution < -0.4 is 4.74 Å². The molecule has 2 rings (SSSR count). The Morgan fingerprint density at radius 2 is 2.11 bits per heavy atom. The van der Waals surface area contributed by atoms with E-state index in [4.69, 9.17) is 4.74 Å². The van der Waals surface area contributed by atoms with E-state index in [1.54, 1.807) is 13.2 Å². The number of methoxy groups -OCH3 is 1. The molecule has 0 N–H and O–H groups in total. The standard InChI is InChI=1S/C15H17BrO2/c1-18-12-8-9-14(16)13(10-12)15(17)11-6-4-2-3-5-7-11/h6,8-10H,2-5,7H2,1H3. The van der Waals surface area contributed by atoms with Gasteiger partial charge in [0.2, 0.25) is 0 Å². The summed E-state index contributed by atoms with van der Waals surface area (Å²) in [4.78, 5) is 12.5. The fraction of sp³-hybridized carbons (Fsp3) is 0.400. The molecule has 3 heteroatoms. The highest BCUT2D eigenvalue weighted by Crippen LogP contribution is 2.27. The van der Waals surface area contributed by atoms with Crippen molar-refractivity contribution >= 4 is 21.7 Å². The average Bonchev–Trinajstić information content (AvgIpc) is 2.67. The number of carbonyl (C=O) groups is 1. The molecular formula is C15H17BrO2. The predicted molar refractivity (Wildman–Crippen MR) is 76.2 cm³/mol. The largest absolute Gasteiger partial charge is 0.497 e. The molecule has 0 aromatic heterocycles. The molecule has 1 aliphatic carbocycles. The summed E-state index contributed by atoms with van der Waals surface area (Å²) < 4.78 is 6.01. The van der Waals surface area contributed by atoms with Crippen molar-refractivity contribution in [3.8, 4) is 5.75 Å². The zero-order valence-corrected chi connectivity index (χ0v) is 12.1. The zero-order chi connectivity index (χ0) is 13.0. The van der Waals surface area contributed by atoms with E-state index in [0.29, 0.717) is 5.56 Å². The molecular weight excluding hydrogens is 292 g/mol. The maximum Gasteiger partial charge on any atom is 0.189 e. The summed E-state index contributed by atoms with van der Waals surface area (Å²) in [6.45, 7) is 0. The second-order valence-electron chi connectivity index (χ2n) is 4.50. The zero-order valence-electron chi connectivity index (χ0n) is 10.5. The molecule has 0 heterocycles. The van der Waals surface area contributed by atoms with Gasteiger partial charge in [-0.3, -0.25) is 4.79 Å². The summed E-state index contributed by atoms with van der Waals surface area (Å²) in [6.07, 6.45) is 7.52. The minimum Gasteiger partial charge on any atom is -0.497 e. The number of benzene rings is 1. The number of carbonyl (C=O) groups excluding carboxylic acids is 1. The van der Waals surface area contributed by atoms with Crippen molar-refractivity contribution in [1.29, 1.82) is 0 Å². The quantitative estimate of drug-likeness (QED) is 0.767. The molecule has 0 saturated heterocycles. The van der Waals surface area contributed by atoms with Gasteiger partial charge in [0.1, 0.15) is 5.75 Å². The van der Waals surface area contributed by atoms with Crippen molar-refractivity contribution in [3.63, 3.8) is 0 Å². The fourth-order valence-electron chi connectivity index (χ4n) is 2.20. The summed E-state index contributed by atoms with van der Waals surface area (Å²) in [5.74, 6) is 0.846. The Morgan fingerprint density at radius 1 is 1.28 bits per heavy atom. The third-order valence-electron chi connectivity index (χ3n) is 3.25. The lowest BCUT2D eigenvalue weighted by Crippen LogP contribution is -2.04. The molecule has 0 fully saturated rings. The molecule has 96 valence electrons. The lowest BCUT2D eigenvalue weighted by atomic mass is 9.99. The third-order valence-corrected chi connectivity index (χ3v) is 3.94. The molecule has 0 saturated carbocycles. The number of ketones is 1. The maximum atomic E-state index is 12.5. The van der Waals surface area contributed by atoms with E-state index in [1.807, 2.05) is 12.1 Å². The molecule has 0 unspecified atom stereocenters. The minimum atomic E-state index is 0.127. The first kappa shape index (κ1) is 13.3. The lowest BCUT2D eigenvalue weighted by molar-refractivity contribution is 0.102. The van der Waals surface area contributed by atoms with Crippen LogP contribution in [0.25, 0.3) is 0 Å². The lowest BCUT2D eigenvalue weighted by Gasteiger charge is -2.08. The topological polar surface area (TPSA) is 26.3 Å². The van der Waals surface area contributed by atoms with Gasteiger partial charge in [0.05, 0.1) is 7.11 Å². The van der Waals surface area contributed by atoms with E-state index in [1.165, 1.54) is 12.8 Å². The van der Waals surface area contributed by atoms with Gasteiger partial charge < -0.3 is 4.74 Å². The van der Waals surface area contributed by atoms with Crippen molar-refractivity contribution in [1.82, 2.24) is 0 Å². The SMILES string of the molecule is COc1ccc(Br)c(C(=O)C2=CCCCCC2)c1. The number of rotatable bonds is 3. The number of halogens is 1. The molecule has 18 heavy (non-hydrogen) atoms. The van der Waals surface area contributed by atoms with Crippen LogP contribution in [0.5, 0.6) is 5.75 Å². The Labute approximate surface area is 116 Å². The van der Waals surface area contributed by atoms with E-state index in [-0.39, 0.29) is 5.78 Å². The van der Waals surface area contributed by atoms with Crippen LogP contribution in [0, 0.1) is 0 Å². The Balaban J connectivity index is 2.29. The smallest absolute Gasteiger partial charge is 0.189 e. The first-order chi connectivity index (χ1) is 8.72. The van der Waals surface area contributed by atoms with Gasteiger partial charge in [-0.1, -0.05) is 28.4 Å². The van der Waals surface area contributed by atoms with E-state index < -0.39 is 0 Å². The van der Waals surface area contributed by atoms with Crippen LogP contribution in [0.2, 0.25) is 0 Å². The van der Waals surface area contributed by atoms with Gasteiger partial charge in [0.25, 0.3) is 0 Å². The molecule has 0 aliphatic heterocycles. The second-order valence-corrected chi connectivity index (χ2v) is 5.36. The molecule has 0 atom stereocenters.